The molecule has 0 atom stereocenters. The predicted molar refractivity (Wildman–Crippen MR) is 69.1 cm³/mol. The second-order valence-corrected chi connectivity index (χ2v) is 4.30. The van der Waals surface area contributed by atoms with Crippen molar-refractivity contribution < 1.29 is 19.2 Å². The summed E-state index contributed by atoms with van der Waals surface area (Å²) in [6, 6.07) is 3.42. The van der Waals surface area contributed by atoms with E-state index in [0.717, 1.165) is 12.0 Å². The fourth-order valence-electron chi connectivity index (χ4n) is 1.72. The number of amides is 1. The number of benzene rings is 1. The van der Waals surface area contributed by atoms with Gasteiger partial charge in [-0.3, -0.25) is 5.32 Å². The van der Waals surface area contributed by atoms with Crippen LogP contribution in [0.1, 0.15) is 18.9 Å². The summed E-state index contributed by atoms with van der Waals surface area (Å²) in [4.78, 5) is 11.4. The number of anilines is 1. The summed E-state index contributed by atoms with van der Waals surface area (Å²) in [5.74, 6) is 0. The summed E-state index contributed by atoms with van der Waals surface area (Å²) in [6.07, 6.45) is 0.185. The van der Waals surface area contributed by atoms with E-state index in [1.807, 2.05) is 6.92 Å². The summed E-state index contributed by atoms with van der Waals surface area (Å²) in [7, 11) is -1.04. The SMILES string of the molecule is CCCOC(=O)Nc1ccc2c(c1Cl)B(O)OC2. The van der Waals surface area contributed by atoms with Crippen LogP contribution < -0.4 is 10.8 Å². The van der Waals surface area contributed by atoms with Gasteiger partial charge >= 0.3 is 13.2 Å². The first-order valence-electron chi connectivity index (χ1n) is 5.68. The predicted octanol–water partition coefficient (Wildman–Crippen LogP) is 1.52. The number of hydrogen-bond acceptors (Lipinski definition) is 4. The van der Waals surface area contributed by atoms with Gasteiger partial charge in [0.15, 0.2) is 0 Å². The van der Waals surface area contributed by atoms with Crippen molar-refractivity contribution in [2.75, 3.05) is 11.9 Å². The first-order chi connectivity index (χ1) is 8.63. The first-order valence-corrected chi connectivity index (χ1v) is 6.06. The van der Waals surface area contributed by atoms with Gasteiger partial charge in [-0.15, -0.1) is 0 Å². The fourth-order valence-corrected chi connectivity index (χ4v) is 2.04. The molecule has 7 heteroatoms. The molecule has 5 nitrogen and oxygen atoms in total. The van der Waals surface area contributed by atoms with Gasteiger partial charge in [0.05, 0.1) is 23.9 Å². The van der Waals surface area contributed by atoms with Crippen molar-refractivity contribution >= 4 is 36.0 Å². The molecule has 0 fully saturated rings. The highest BCUT2D eigenvalue weighted by Crippen LogP contribution is 2.25. The molecule has 1 amide bonds. The summed E-state index contributed by atoms with van der Waals surface area (Å²) in [5, 5.41) is 12.4. The maximum atomic E-state index is 11.4. The lowest BCUT2D eigenvalue weighted by Crippen LogP contribution is -2.30. The molecule has 1 heterocycles. The van der Waals surface area contributed by atoms with Crippen LogP contribution in [0.15, 0.2) is 12.1 Å². The minimum Gasteiger partial charge on any atom is -0.449 e. The van der Waals surface area contributed by atoms with E-state index in [2.05, 4.69) is 5.32 Å². The quantitative estimate of drug-likeness (QED) is 0.816. The highest BCUT2D eigenvalue weighted by molar-refractivity contribution is 6.66. The molecule has 2 rings (SSSR count). The Morgan fingerprint density at radius 3 is 3.17 bits per heavy atom. The second kappa shape index (κ2) is 5.60. The Kier molecular flexibility index (Phi) is 4.11. The van der Waals surface area contributed by atoms with Crippen LogP contribution in [0.2, 0.25) is 5.02 Å². The van der Waals surface area contributed by atoms with Crippen LogP contribution in [0.25, 0.3) is 0 Å². The van der Waals surface area contributed by atoms with Gasteiger partial charge in [0.1, 0.15) is 0 Å². The maximum Gasteiger partial charge on any atom is 0.493 e. The number of carbonyl (C=O) groups is 1. The minimum absolute atomic E-state index is 0.283. The average molecular weight is 269 g/mol. The van der Waals surface area contributed by atoms with Crippen molar-refractivity contribution in [3.63, 3.8) is 0 Å². The van der Waals surface area contributed by atoms with Gasteiger partial charge in [-0.2, -0.15) is 0 Å². The third-order valence-corrected chi connectivity index (χ3v) is 2.99. The lowest BCUT2D eigenvalue weighted by molar-refractivity contribution is 0.161. The van der Waals surface area contributed by atoms with Crippen LogP contribution >= 0.6 is 11.6 Å². The van der Waals surface area contributed by atoms with Crippen molar-refractivity contribution in [1.29, 1.82) is 0 Å². The Morgan fingerprint density at radius 2 is 2.44 bits per heavy atom. The van der Waals surface area contributed by atoms with E-state index < -0.39 is 13.2 Å². The fraction of sp³-hybridized carbons (Fsp3) is 0.364. The van der Waals surface area contributed by atoms with Crippen molar-refractivity contribution in [2.45, 2.75) is 20.0 Å². The number of nitrogens with one attached hydrogen (secondary N) is 1. The molecule has 0 bridgehead atoms. The van der Waals surface area contributed by atoms with Gasteiger partial charge in [0, 0.05) is 5.46 Å². The summed E-state index contributed by atoms with van der Waals surface area (Å²) in [6.45, 7) is 2.57. The van der Waals surface area contributed by atoms with E-state index >= 15 is 0 Å². The number of ether oxygens (including phenoxy) is 1. The molecule has 18 heavy (non-hydrogen) atoms. The molecular weight excluding hydrogens is 256 g/mol. The number of fused-ring (bicyclic) bond motifs is 1. The van der Waals surface area contributed by atoms with Crippen molar-refractivity contribution in [2.24, 2.45) is 0 Å². The van der Waals surface area contributed by atoms with Crippen LogP contribution in [-0.4, -0.2) is 24.8 Å². The van der Waals surface area contributed by atoms with Gasteiger partial charge in [0.25, 0.3) is 0 Å². The summed E-state index contributed by atoms with van der Waals surface area (Å²) < 4.78 is 9.95. The molecule has 2 N–H and O–H groups in total. The third-order valence-electron chi connectivity index (χ3n) is 2.59. The molecule has 0 aromatic heterocycles. The van der Waals surface area contributed by atoms with Crippen LogP contribution in [0.3, 0.4) is 0 Å². The monoisotopic (exact) mass is 269 g/mol. The molecule has 0 saturated heterocycles. The normalized spacial score (nSPS) is 13.4. The molecule has 1 aliphatic heterocycles. The van der Waals surface area contributed by atoms with Crippen LogP contribution in [0, 0.1) is 0 Å². The van der Waals surface area contributed by atoms with Crippen molar-refractivity contribution in [3.8, 4) is 0 Å². The van der Waals surface area contributed by atoms with E-state index in [1.165, 1.54) is 0 Å². The molecular formula is C11H13BClNO4. The standard InChI is InChI=1S/C11H13BClNO4/c1-2-5-17-11(15)14-8-4-3-7-6-18-12(16)9(7)10(8)13/h3-4,16H,2,5-6H2,1H3,(H,14,15). The lowest BCUT2D eigenvalue weighted by Gasteiger charge is -2.10. The molecule has 0 radical (unpaired) electrons. The zero-order valence-corrected chi connectivity index (χ0v) is 10.7. The van der Waals surface area contributed by atoms with Gasteiger partial charge in [-0.25, -0.2) is 4.79 Å². The van der Waals surface area contributed by atoms with E-state index in [4.69, 9.17) is 21.0 Å². The maximum absolute atomic E-state index is 11.4. The molecule has 1 aromatic carbocycles. The van der Waals surface area contributed by atoms with E-state index in [-0.39, 0.29) is 5.02 Å². The molecule has 0 saturated carbocycles. The lowest BCUT2D eigenvalue weighted by atomic mass is 9.79. The third kappa shape index (κ3) is 2.61. The highest BCUT2D eigenvalue weighted by atomic mass is 35.5. The zero-order chi connectivity index (χ0) is 13.1. The Bertz CT molecular complexity index is 469. The number of rotatable bonds is 3. The van der Waals surface area contributed by atoms with Crippen molar-refractivity contribution in [1.82, 2.24) is 0 Å². The molecule has 0 unspecified atom stereocenters. The highest BCUT2D eigenvalue weighted by Gasteiger charge is 2.31. The van der Waals surface area contributed by atoms with Crippen LogP contribution in [0.5, 0.6) is 0 Å². The number of carbonyl (C=O) groups excluding carboxylic acids is 1. The minimum atomic E-state index is -1.04. The van der Waals surface area contributed by atoms with Gasteiger partial charge < -0.3 is 14.4 Å². The molecule has 96 valence electrons. The Hall–Kier alpha value is -1.24. The van der Waals surface area contributed by atoms with E-state index in [0.29, 0.717) is 24.4 Å². The number of halogens is 1. The van der Waals surface area contributed by atoms with Crippen molar-refractivity contribution in [3.05, 3.63) is 22.7 Å². The first kappa shape index (κ1) is 13.2. The van der Waals surface area contributed by atoms with E-state index in [1.54, 1.807) is 12.1 Å². The van der Waals surface area contributed by atoms with Crippen LogP contribution in [0.4, 0.5) is 10.5 Å². The zero-order valence-electron chi connectivity index (χ0n) is 9.90. The Morgan fingerprint density at radius 1 is 1.67 bits per heavy atom. The van der Waals surface area contributed by atoms with Gasteiger partial charge in [0.2, 0.25) is 0 Å². The van der Waals surface area contributed by atoms with Gasteiger partial charge in [-0.1, -0.05) is 24.6 Å². The Labute approximate surface area is 110 Å². The molecule has 1 aliphatic rings. The molecule has 0 aliphatic carbocycles. The summed E-state index contributed by atoms with van der Waals surface area (Å²) in [5.41, 5.74) is 1.73. The Balaban J connectivity index is 2.15. The largest absolute Gasteiger partial charge is 0.493 e. The average Bonchev–Trinajstić information content (AvgIpc) is 2.73. The number of hydrogen-bond donors (Lipinski definition) is 2. The topological polar surface area (TPSA) is 67.8 Å². The summed E-state index contributed by atoms with van der Waals surface area (Å²) >= 11 is 6.12. The smallest absolute Gasteiger partial charge is 0.449 e. The van der Waals surface area contributed by atoms with Gasteiger partial charge in [-0.05, 0) is 18.1 Å². The van der Waals surface area contributed by atoms with Crippen LogP contribution in [-0.2, 0) is 16.0 Å². The second-order valence-electron chi connectivity index (χ2n) is 3.92. The molecule has 0 spiro atoms. The van der Waals surface area contributed by atoms with E-state index in [9.17, 15) is 9.82 Å². The molecule has 1 aromatic rings.